The van der Waals surface area contributed by atoms with E-state index in [1.807, 2.05) is 12.4 Å². The molecule has 0 spiro atoms. The molecule has 1 heterocycles. The lowest BCUT2D eigenvalue weighted by Crippen LogP contribution is -1.80. The van der Waals surface area contributed by atoms with Crippen LogP contribution in [0.2, 0.25) is 0 Å². The Morgan fingerprint density at radius 1 is 1.67 bits per heavy atom. The molecule has 48 valence electrons. The summed E-state index contributed by atoms with van der Waals surface area (Å²) < 4.78 is 1.62. The highest BCUT2D eigenvalue weighted by Crippen LogP contribution is 2.39. The standard InChI is InChI=1S/C7H9N2/c1-9-5-7(4-8-9)6-2-3-6/h4-6H,1-3H2/q-1. The van der Waals surface area contributed by atoms with E-state index in [2.05, 4.69) is 12.1 Å². The molecule has 0 atom stereocenters. The highest BCUT2D eigenvalue weighted by Gasteiger charge is 2.21. The van der Waals surface area contributed by atoms with E-state index in [-0.39, 0.29) is 0 Å². The Hall–Kier alpha value is -0.920. The van der Waals surface area contributed by atoms with Crippen LogP contribution in [-0.4, -0.2) is 9.78 Å². The van der Waals surface area contributed by atoms with Crippen LogP contribution in [0.5, 0.6) is 0 Å². The van der Waals surface area contributed by atoms with Crippen molar-refractivity contribution in [3.05, 3.63) is 25.0 Å². The fourth-order valence-corrected chi connectivity index (χ4v) is 1.01. The molecular weight excluding hydrogens is 112 g/mol. The molecule has 0 aromatic carbocycles. The van der Waals surface area contributed by atoms with E-state index >= 15 is 0 Å². The summed E-state index contributed by atoms with van der Waals surface area (Å²) in [5.41, 5.74) is 1.35. The first-order valence-electron chi connectivity index (χ1n) is 3.22. The van der Waals surface area contributed by atoms with Gasteiger partial charge in [-0.2, -0.15) is 7.05 Å². The molecule has 0 radical (unpaired) electrons. The average molecular weight is 121 g/mol. The van der Waals surface area contributed by atoms with Crippen molar-refractivity contribution < 1.29 is 0 Å². The topological polar surface area (TPSA) is 17.8 Å². The lowest BCUT2D eigenvalue weighted by atomic mass is 10.2. The zero-order valence-electron chi connectivity index (χ0n) is 5.25. The second-order valence-corrected chi connectivity index (χ2v) is 2.59. The molecule has 2 rings (SSSR count). The number of nitrogens with zero attached hydrogens (tertiary/aromatic N) is 2. The summed E-state index contributed by atoms with van der Waals surface area (Å²) in [6, 6.07) is 0. The zero-order chi connectivity index (χ0) is 6.27. The van der Waals surface area contributed by atoms with Gasteiger partial charge in [-0.05, 0) is 18.8 Å². The highest BCUT2D eigenvalue weighted by atomic mass is 15.2. The second kappa shape index (κ2) is 1.53. The van der Waals surface area contributed by atoms with Crippen LogP contribution in [-0.2, 0) is 0 Å². The Kier molecular flexibility index (Phi) is 0.835. The van der Waals surface area contributed by atoms with Crippen molar-refractivity contribution in [2.45, 2.75) is 18.8 Å². The van der Waals surface area contributed by atoms with Crippen LogP contribution < -0.4 is 0 Å². The third-order valence-corrected chi connectivity index (χ3v) is 1.70. The van der Waals surface area contributed by atoms with Gasteiger partial charge in [0.15, 0.2) is 0 Å². The lowest BCUT2D eigenvalue weighted by molar-refractivity contribution is 0.876. The maximum Gasteiger partial charge on any atom is 0.0316 e. The van der Waals surface area contributed by atoms with Crippen LogP contribution in [0.15, 0.2) is 12.4 Å². The molecule has 1 aromatic rings. The normalized spacial score (nSPS) is 18.2. The minimum absolute atomic E-state index is 0.806. The Labute approximate surface area is 54.5 Å². The van der Waals surface area contributed by atoms with Crippen molar-refractivity contribution in [2.24, 2.45) is 0 Å². The molecule has 0 unspecified atom stereocenters. The van der Waals surface area contributed by atoms with Gasteiger partial charge < -0.3 is 4.68 Å². The molecular formula is C7H9N2-. The molecule has 1 fully saturated rings. The molecule has 2 heteroatoms. The molecule has 1 aromatic heterocycles. The van der Waals surface area contributed by atoms with E-state index in [9.17, 15) is 0 Å². The van der Waals surface area contributed by atoms with Crippen molar-refractivity contribution in [1.29, 1.82) is 0 Å². The minimum Gasteiger partial charge on any atom is -0.408 e. The summed E-state index contributed by atoms with van der Waals surface area (Å²) in [6.45, 7) is 0. The lowest BCUT2D eigenvalue weighted by Gasteiger charge is -1.94. The Morgan fingerprint density at radius 2 is 2.44 bits per heavy atom. The monoisotopic (exact) mass is 121 g/mol. The molecule has 9 heavy (non-hydrogen) atoms. The third-order valence-electron chi connectivity index (χ3n) is 1.70. The fraction of sp³-hybridized carbons (Fsp3) is 0.429. The maximum absolute atomic E-state index is 3.98. The van der Waals surface area contributed by atoms with E-state index in [1.54, 1.807) is 4.68 Å². The average Bonchev–Trinajstić information content (AvgIpc) is 2.58. The number of hydrogen-bond acceptors (Lipinski definition) is 1. The van der Waals surface area contributed by atoms with Gasteiger partial charge in [0.25, 0.3) is 0 Å². The van der Waals surface area contributed by atoms with Gasteiger partial charge in [-0.15, -0.1) is 6.20 Å². The Balaban J connectivity index is 2.28. The van der Waals surface area contributed by atoms with Gasteiger partial charge in [0.1, 0.15) is 0 Å². The number of hydrogen-bond donors (Lipinski definition) is 0. The van der Waals surface area contributed by atoms with E-state index in [1.165, 1.54) is 18.4 Å². The predicted molar refractivity (Wildman–Crippen MR) is 35.0 cm³/mol. The summed E-state index contributed by atoms with van der Waals surface area (Å²) in [7, 11) is 3.66. The fourth-order valence-electron chi connectivity index (χ4n) is 1.01. The quantitative estimate of drug-likeness (QED) is 0.513. The van der Waals surface area contributed by atoms with Gasteiger partial charge >= 0.3 is 0 Å². The van der Waals surface area contributed by atoms with Gasteiger partial charge in [0.05, 0.1) is 0 Å². The van der Waals surface area contributed by atoms with Gasteiger partial charge in [0, 0.05) is 6.20 Å². The Bertz CT molecular complexity index is 210. The SMILES string of the molecule is [CH2-]n1cc(C2CC2)cn1. The molecule has 0 amide bonds. The number of rotatable bonds is 1. The smallest absolute Gasteiger partial charge is 0.0316 e. The van der Waals surface area contributed by atoms with Crippen LogP contribution in [0.1, 0.15) is 24.3 Å². The van der Waals surface area contributed by atoms with Crippen molar-refractivity contribution >= 4 is 0 Å². The molecule has 0 aliphatic heterocycles. The summed E-state index contributed by atoms with van der Waals surface area (Å²) in [4.78, 5) is 0. The van der Waals surface area contributed by atoms with Crippen LogP contribution in [0, 0.1) is 7.05 Å². The minimum atomic E-state index is 0.806. The van der Waals surface area contributed by atoms with Crippen LogP contribution in [0.25, 0.3) is 0 Å². The summed E-state index contributed by atoms with van der Waals surface area (Å²) >= 11 is 0. The number of aromatic nitrogens is 2. The van der Waals surface area contributed by atoms with Gasteiger partial charge in [-0.25, -0.2) is 5.10 Å². The van der Waals surface area contributed by atoms with Crippen molar-refractivity contribution in [3.8, 4) is 0 Å². The van der Waals surface area contributed by atoms with E-state index in [0.29, 0.717) is 0 Å². The molecule has 1 aliphatic carbocycles. The van der Waals surface area contributed by atoms with Gasteiger partial charge in [-0.3, -0.25) is 0 Å². The molecule has 1 aliphatic rings. The summed E-state index contributed by atoms with van der Waals surface area (Å²) in [5.74, 6) is 0.806. The predicted octanol–water partition coefficient (Wildman–Crippen LogP) is 1.40. The Morgan fingerprint density at radius 3 is 2.89 bits per heavy atom. The highest BCUT2D eigenvalue weighted by molar-refractivity contribution is 5.16. The first kappa shape index (κ1) is 4.91. The summed E-state index contributed by atoms with van der Waals surface area (Å²) in [5, 5.41) is 3.98. The molecule has 0 saturated heterocycles. The first-order valence-corrected chi connectivity index (χ1v) is 3.22. The van der Waals surface area contributed by atoms with Crippen molar-refractivity contribution in [2.75, 3.05) is 0 Å². The van der Waals surface area contributed by atoms with Crippen LogP contribution in [0.3, 0.4) is 0 Å². The second-order valence-electron chi connectivity index (χ2n) is 2.59. The molecule has 0 bridgehead atoms. The van der Waals surface area contributed by atoms with E-state index in [0.717, 1.165) is 5.92 Å². The van der Waals surface area contributed by atoms with Crippen molar-refractivity contribution in [1.82, 2.24) is 9.78 Å². The van der Waals surface area contributed by atoms with E-state index in [4.69, 9.17) is 0 Å². The molecule has 2 nitrogen and oxygen atoms in total. The molecule has 0 N–H and O–H groups in total. The maximum atomic E-state index is 3.98. The molecule has 1 saturated carbocycles. The summed E-state index contributed by atoms with van der Waals surface area (Å²) in [6.07, 6.45) is 6.58. The van der Waals surface area contributed by atoms with Crippen LogP contribution in [0.4, 0.5) is 0 Å². The zero-order valence-corrected chi connectivity index (χ0v) is 5.25. The largest absolute Gasteiger partial charge is 0.408 e. The van der Waals surface area contributed by atoms with Gasteiger partial charge in [0.2, 0.25) is 0 Å². The first-order chi connectivity index (χ1) is 4.36. The van der Waals surface area contributed by atoms with Crippen molar-refractivity contribution in [3.63, 3.8) is 0 Å². The van der Waals surface area contributed by atoms with Crippen LogP contribution >= 0.6 is 0 Å². The van der Waals surface area contributed by atoms with Gasteiger partial charge in [-0.1, -0.05) is 5.56 Å². The van der Waals surface area contributed by atoms with E-state index < -0.39 is 0 Å². The third kappa shape index (κ3) is 0.803.